The van der Waals surface area contributed by atoms with E-state index in [9.17, 15) is 0 Å². The molecule has 1 aliphatic carbocycles. The van der Waals surface area contributed by atoms with Crippen molar-refractivity contribution in [2.45, 2.75) is 130 Å². The molecule has 2 nitrogen and oxygen atoms in total. The van der Waals surface area contributed by atoms with Gasteiger partial charge in [-0.2, -0.15) is 0 Å². The van der Waals surface area contributed by atoms with Crippen LogP contribution in [-0.2, 0) is 8.85 Å². The molecule has 1 saturated carbocycles. The van der Waals surface area contributed by atoms with Crippen LogP contribution in [0.25, 0.3) is 0 Å². The zero-order valence-electron chi connectivity index (χ0n) is 22.3. The van der Waals surface area contributed by atoms with Crippen LogP contribution in [0.5, 0.6) is 0 Å². The summed E-state index contributed by atoms with van der Waals surface area (Å²) in [6, 6.07) is 0. The van der Waals surface area contributed by atoms with Crippen molar-refractivity contribution in [2.75, 3.05) is 0 Å². The highest BCUT2D eigenvalue weighted by atomic mass is 30.2. The average molecular weight is 521 g/mol. The van der Waals surface area contributed by atoms with Crippen molar-refractivity contribution >= 4 is 51.2 Å². The molecule has 9 heteroatoms. The number of rotatable bonds is 4. The molecule has 1 heterocycles. The summed E-state index contributed by atoms with van der Waals surface area (Å²) in [5.41, 5.74) is 0. The van der Waals surface area contributed by atoms with E-state index in [0.717, 1.165) is 0 Å². The molecule has 2 atom stereocenters. The van der Waals surface area contributed by atoms with Crippen LogP contribution in [0.2, 0.25) is 91.7 Å². The molecule has 172 valence electrons. The largest absolute Gasteiger partial charge is 0.423 e. The Hall–Kier alpha value is 1.44. The molecular formula is C20H52O2Si7. The first-order valence-corrected chi connectivity index (χ1v) is 38.8. The summed E-state index contributed by atoms with van der Waals surface area (Å²) in [6.07, 6.45) is 6.12. The summed E-state index contributed by atoms with van der Waals surface area (Å²) in [7, 11) is -7.74. The van der Waals surface area contributed by atoms with Crippen LogP contribution in [0.1, 0.15) is 25.7 Å². The predicted molar refractivity (Wildman–Crippen MR) is 151 cm³/mol. The summed E-state index contributed by atoms with van der Waals surface area (Å²) in [4.78, 5) is 0. The van der Waals surface area contributed by atoms with Crippen molar-refractivity contribution in [3.05, 3.63) is 0 Å². The molecular weight excluding hydrogens is 469 g/mol. The molecule has 0 aromatic carbocycles. The Balaban J connectivity index is 3.01. The van der Waals surface area contributed by atoms with Gasteiger partial charge in [-0.3, -0.25) is 0 Å². The minimum absolute atomic E-state index is 0.501. The van der Waals surface area contributed by atoms with Gasteiger partial charge in [-0.15, -0.1) is 0 Å². The first-order chi connectivity index (χ1) is 12.7. The summed E-state index contributed by atoms with van der Waals surface area (Å²) >= 11 is 0. The Morgan fingerprint density at radius 2 is 0.828 bits per heavy atom. The molecule has 2 fully saturated rings. The molecule has 2 rings (SSSR count). The lowest BCUT2D eigenvalue weighted by atomic mass is 9.95. The van der Waals surface area contributed by atoms with Gasteiger partial charge >= 0.3 is 0 Å². The van der Waals surface area contributed by atoms with E-state index in [2.05, 4.69) is 91.7 Å². The zero-order valence-corrected chi connectivity index (χ0v) is 29.3. The van der Waals surface area contributed by atoms with Crippen LogP contribution in [0.15, 0.2) is 0 Å². The third kappa shape index (κ3) is 3.89. The van der Waals surface area contributed by atoms with Gasteiger partial charge < -0.3 is 8.85 Å². The highest BCUT2D eigenvalue weighted by Gasteiger charge is 2.79. The monoisotopic (exact) mass is 520 g/mol. The first-order valence-electron chi connectivity index (χ1n) is 12.0. The van der Waals surface area contributed by atoms with Gasteiger partial charge in [-0.05, 0) is 25.7 Å². The molecule has 0 N–H and O–H groups in total. The summed E-state index contributed by atoms with van der Waals surface area (Å²) in [5.74, 6) is 0. The predicted octanol–water partition coefficient (Wildman–Crippen LogP) is 6.77. The minimum atomic E-state index is -1.91. The second-order valence-corrected chi connectivity index (χ2v) is 87.8. The standard InChI is InChI=1S/C20H52O2Si7/c1-23(2,3)28(24(4,5)6)21-19-16-15-17-20(18-19)22-29(25(7,8)9,26(10,11)12)27(28,13)14/h19-20H,15-18H2,1-14H3/t19-,20+. The van der Waals surface area contributed by atoms with E-state index >= 15 is 0 Å². The van der Waals surface area contributed by atoms with Gasteiger partial charge in [0.1, 0.15) is 0 Å². The Morgan fingerprint density at radius 1 is 0.552 bits per heavy atom. The minimum Gasteiger partial charge on any atom is -0.423 e. The number of fused-ring (bicyclic) bond motifs is 2. The van der Waals surface area contributed by atoms with E-state index in [4.69, 9.17) is 8.85 Å². The molecule has 0 amide bonds. The van der Waals surface area contributed by atoms with Crippen LogP contribution in [0.3, 0.4) is 0 Å². The summed E-state index contributed by atoms with van der Waals surface area (Å²) in [5, 5.41) is 0. The molecule has 0 unspecified atom stereocenters. The third-order valence-corrected chi connectivity index (χ3v) is 151. The van der Waals surface area contributed by atoms with Gasteiger partial charge in [0.05, 0.1) is 37.5 Å². The van der Waals surface area contributed by atoms with E-state index in [1.54, 1.807) is 0 Å². The van der Waals surface area contributed by atoms with Crippen molar-refractivity contribution in [1.82, 2.24) is 0 Å². The van der Waals surface area contributed by atoms with Gasteiger partial charge in [0.2, 0.25) is 0 Å². The maximum Gasteiger partial charge on any atom is 0.158 e. The highest BCUT2D eigenvalue weighted by Crippen LogP contribution is 2.51. The second kappa shape index (κ2) is 7.75. The Labute approximate surface area is 189 Å². The van der Waals surface area contributed by atoms with Crippen molar-refractivity contribution < 1.29 is 8.85 Å². The van der Waals surface area contributed by atoms with E-state index in [-0.39, 0.29) is 0 Å². The maximum atomic E-state index is 7.86. The van der Waals surface area contributed by atoms with E-state index in [1.807, 2.05) is 0 Å². The van der Waals surface area contributed by atoms with Crippen LogP contribution < -0.4 is 0 Å². The lowest BCUT2D eigenvalue weighted by Crippen LogP contribution is -3.00. The van der Waals surface area contributed by atoms with E-state index in [0.29, 0.717) is 12.2 Å². The van der Waals surface area contributed by atoms with Crippen LogP contribution in [0, 0.1) is 0 Å². The second-order valence-electron chi connectivity index (χ2n) is 14.6. The first kappa shape index (κ1) is 26.7. The van der Waals surface area contributed by atoms with E-state index in [1.165, 1.54) is 25.7 Å². The molecule has 0 spiro atoms. The van der Waals surface area contributed by atoms with E-state index < -0.39 is 51.2 Å². The van der Waals surface area contributed by atoms with Crippen molar-refractivity contribution in [2.24, 2.45) is 0 Å². The average Bonchev–Trinajstić information content (AvgIpc) is 2.44. The maximum absolute atomic E-state index is 7.86. The van der Waals surface area contributed by atoms with Crippen molar-refractivity contribution in [3.63, 3.8) is 0 Å². The van der Waals surface area contributed by atoms with Gasteiger partial charge in [-0.1, -0.05) is 91.7 Å². The fourth-order valence-electron chi connectivity index (χ4n) is 9.07. The van der Waals surface area contributed by atoms with Gasteiger partial charge in [-0.25, -0.2) is 0 Å². The molecule has 2 bridgehead atoms. The Kier molecular flexibility index (Phi) is 7.13. The molecule has 1 saturated heterocycles. The molecule has 29 heavy (non-hydrogen) atoms. The Morgan fingerprint density at radius 3 is 1.07 bits per heavy atom. The van der Waals surface area contributed by atoms with Crippen LogP contribution in [0.4, 0.5) is 0 Å². The molecule has 0 aromatic rings. The summed E-state index contributed by atoms with van der Waals surface area (Å²) in [6.45, 7) is 34.4. The zero-order chi connectivity index (χ0) is 22.9. The summed E-state index contributed by atoms with van der Waals surface area (Å²) < 4.78 is 15.7. The molecule has 2 aliphatic rings. The van der Waals surface area contributed by atoms with Gasteiger partial charge in [0.15, 0.2) is 13.7 Å². The van der Waals surface area contributed by atoms with Gasteiger partial charge in [0.25, 0.3) is 0 Å². The van der Waals surface area contributed by atoms with Gasteiger partial charge in [0, 0.05) is 12.2 Å². The highest BCUT2D eigenvalue weighted by molar-refractivity contribution is 8.08. The fraction of sp³-hybridized carbons (Fsp3) is 1.00. The quantitative estimate of drug-likeness (QED) is 0.381. The molecule has 1 aliphatic heterocycles. The lowest BCUT2D eigenvalue weighted by Gasteiger charge is -2.69. The fourth-order valence-corrected chi connectivity index (χ4v) is 258. The van der Waals surface area contributed by atoms with Crippen molar-refractivity contribution in [1.29, 1.82) is 0 Å². The molecule has 0 aromatic heterocycles. The number of hydrogen-bond donors (Lipinski definition) is 0. The third-order valence-electron chi connectivity index (χ3n) is 8.25. The lowest BCUT2D eigenvalue weighted by molar-refractivity contribution is 0.0658. The SMILES string of the molecule is C[Si](C)(C)[Si]1([Si](C)(C)C)O[C@@H]2CCC[C@@H](C2)O[Si]([Si](C)(C)C)([Si](C)(C)C)[Si]1(C)C. The number of hydrogen-bond acceptors (Lipinski definition) is 2. The normalized spacial score (nSPS) is 30.4. The van der Waals surface area contributed by atoms with Crippen LogP contribution in [-0.4, -0.2) is 63.4 Å². The van der Waals surface area contributed by atoms with Crippen molar-refractivity contribution in [3.8, 4) is 0 Å². The smallest absolute Gasteiger partial charge is 0.158 e. The Bertz CT molecular complexity index is 530. The topological polar surface area (TPSA) is 18.5 Å². The van der Waals surface area contributed by atoms with Crippen LogP contribution >= 0.6 is 0 Å². The molecule has 0 radical (unpaired) electrons.